The highest BCUT2D eigenvalue weighted by atomic mass is 16.4. The van der Waals surface area contributed by atoms with Crippen LogP contribution in [0.25, 0.3) is 0 Å². The number of aromatic carboxylic acids is 1. The lowest BCUT2D eigenvalue weighted by Crippen LogP contribution is -2.20. The summed E-state index contributed by atoms with van der Waals surface area (Å²) in [4.78, 5) is 31.8. The molecule has 24 heavy (non-hydrogen) atoms. The van der Waals surface area contributed by atoms with Crippen molar-refractivity contribution >= 4 is 29.4 Å². The summed E-state index contributed by atoms with van der Waals surface area (Å²) in [6.07, 6.45) is 0. The minimum Gasteiger partial charge on any atom is -0.508 e. The van der Waals surface area contributed by atoms with Gasteiger partial charge in [0.2, 0.25) is 0 Å². The van der Waals surface area contributed by atoms with E-state index in [1.165, 1.54) is 12.1 Å². The van der Waals surface area contributed by atoms with Gasteiger partial charge in [0.1, 0.15) is 5.75 Å². The third-order valence-electron chi connectivity index (χ3n) is 2.51. The quantitative estimate of drug-likeness (QED) is 0.470. The molecular formula is C15H16N4O5. The van der Waals surface area contributed by atoms with Crippen molar-refractivity contribution in [3.63, 3.8) is 0 Å². The number of carbonyl (C=O) groups is 3. The zero-order valence-corrected chi connectivity index (χ0v) is 12.4. The van der Waals surface area contributed by atoms with Crippen molar-refractivity contribution in [3.05, 3.63) is 54.1 Å². The highest BCUT2D eigenvalue weighted by molar-refractivity contribution is 6.04. The zero-order valence-electron chi connectivity index (χ0n) is 12.4. The molecule has 0 fully saturated rings. The van der Waals surface area contributed by atoms with E-state index in [0.717, 1.165) is 6.07 Å². The number of primary amides is 2. The second kappa shape index (κ2) is 8.63. The average molecular weight is 332 g/mol. The molecule has 2 aromatic carbocycles. The highest BCUT2D eigenvalue weighted by Crippen LogP contribution is 2.21. The number of carbonyl (C=O) groups excluding carboxylic acids is 2. The van der Waals surface area contributed by atoms with Crippen LogP contribution >= 0.6 is 0 Å². The summed E-state index contributed by atoms with van der Waals surface area (Å²) in [5, 5.41) is 23.3. The fourth-order valence-corrected chi connectivity index (χ4v) is 1.62. The number of hydrogen-bond donors (Lipinski definition) is 6. The number of anilines is 2. The molecule has 0 heterocycles. The molecule has 0 bridgehead atoms. The van der Waals surface area contributed by atoms with Gasteiger partial charge in [0.25, 0.3) is 0 Å². The van der Waals surface area contributed by atoms with E-state index in [-0.39, 0.29) is 17.0 Å². The SMILES string of the molecule is NC(N)=O.O=C(Nc1ccccc1)Nc1ccc(O)cc1C(=O)O. The smallest absolute Gasteiger partial charge is 0.337 e. The minimum atomic E-state index is -1.24. The third kappa shape index (κ3) is 6.35. The Labute approximate surface area is 136 Å². The number of carboxylic acids is 1. The molecule has 2 aromatic rings. The molecule has 0 spiro atoms. The number of benzene rings is 2. The van der Waals surface area contributed by atoms with Crippen LogP contribution in [0.1, 0.15) is 10.4 Å². The maximum atomic E-state index is 11.8. The van der Waals surface area contributed by atoms with E-state index >= 15 is 0 Å². The normalized spacial score (nSPS) is 9.17. The number of para-hydroxylation sites is 1. The van der Waals surface area contributed by atoms with E-state index in [2.05, 4.69) is 22.1 Å². The Morgan fingerprint density at radius 3 is 2.04 bits per heavy atom. The lowest BCUT2D eigenvalue weighted by atomic mass is 10.1. The number of phenolic OH excluding ortho intramolecular Hbond substituents is 1. The van der Waals surface area contributed by atoms with Gasteiger partial charge in [-0.2, -0.15) is 0 Å². The van der Waals surface area contributed by atoms with Crippen LogP contribution in [0.4, 0.5) is 21.0 Å². The zero-order chi connectivity index (χ0) is 18.1. The van der Waals surface area contributed by atoms with Crippen molar-refractivity contribution in [1.82, 2.24) is 0 Å². The second-order valence-electron chi connectivity index (χ2n) is 4.38. The molecule has 126 valence electrons. The van der Waals surface area contributed by atoms with Gasteiger partial charge in [-0.15, -0.1) is 0 Å². The number of nitrogens with two attached hydrogens (primary N) is 2. The lowest BCUT2D eigenvalue weighted by Gasteiger charge is -2.10. The summed E-state index contributed by atoms with van der Waals surface area (Å²) in [5.41, 5.74) is 9.00. The van der Waals surface area contributed by atoms with E-state index in [9.17, 15) is 14.7 Å². The molecule has 9 heteroatoms. The first-order valence-electron chi connectivity index (χ1n) is 6.54. The van der Waals surface area contributed by atoms with Crippen molar-refractivity contribution in [1.29, 1.82) is 0 Å². The molecule has 0 atom stereocenters. The Morgan fingerprint density at radius 1 is 0.917 bits per heavy atom. The first kappa shape index (κ1) is 18.3. The molecule has 0 aliphatic carbocycles. The number of urea groups is 2. The van der Waals surface area contributed by atoms with Crippen LogP contribution in [0, 0.1) is 0 Å². The number of nitrogens with one attached hydrogen (secondary N) is 2. The summed E-state index contributed by atoms with van der Waals surface area (Å²) in [6.45, 7) is 0. The van der Waals surface area contributed by atoms with Crippen molar-refractivity contribution in [2.45, 2.75) is 0 Å². The minimum absolute atomic E-state index is 0.101. The molecule has 0 aliphatic rings. The molecule has 4 amide bonds. The summed E-state index contributed by atoms with van der Waals surface area (Å²) in [5.74, 6) is -1.42. The average Bonchev–Trinajstić information content (AvgIpc) is 2.49. The van der Waals surface area contributed by atoms with Gasteiger partial charge in [-0.05, 0) is 30.3 Å². The number of aromatic hydroxyl groups is 1. The maximum absolute atomic E-state index is 11.8. The Balaban J connectivity index is 0.000000648. The summed E-state index contributed by atoms with van der Waals surface area (Å²) < 4.78 is 0. The molecule has 0 saturated carbocycles. The van der Waals surface area contributed by atoms with Gasteiger partial charge in [-0.25, -0.2) is 14.4 Å². The van der Waals surface area contributed by atoms with Gasteiger partial charge in [0.15, 0.2) is 0 Å². The van der Waals surface area contributed by atoms with Crippen LogP contribution in [-0.4, -0.2) is 28.2 Å². The van der Waals surface area contributed by atoms with Gasteiger partial charge in [0.05, 0.1) is 11.3 Å². The predicted octanol–water partition coefficient (Wildman–Crippen LogP) is 1.76. The molecule has 0 radical (unpaired) electrons. The topological polar surface area (TPSA) is 168 Å². The maximum Gasteiger partial charge on any atom is 0.337 e. The number of hydrogen-bond acceptors (Lipinski definition) is 4. The molecule has 0 unspecified atom stereocenters. The van der Waals surface area contributed by atoms with Gasteiger partial charge in [-0.3, -0.25) is 0 Å². The van der Waals surface area contributed by atoms with Gasteiger partial charge in [0, 0.05) is 5.69 Å². The van der Waals surface area contributed by atoms with Crippen molar-refractivity contribution in [2.75, 3.05) is 10.6 Å². The first-order valence-corrected chi connectivity index (χ1v) is 6.54. The van der Waals surface area contributed by atoms with Crippen LogP contribution in [0.5, 0.6) is 5.75 Å². The summed E-state index contributed by atoms with van der Waals surface area (Å²) in [7, 11) is 0. The van der Waals surface area contributed by atoms with Gasteiger partial charge in [-0.1, -0.05) is 18.2 Å². The van der Waals surface area contributed by atoms with E-state index < -0.39 is 18.0 Å². The van der Waals surface area contributed by atoms with Crippen LogP contribution in [-0.2, 0) is 0 Å². The largest absolute Gasteiger partial charge is 0.508 e. The lowest BCUT2D eigenvalue weighted by molar-refractivity contribution is 0.0697. The molecule has 9 nitrogen and oxygen atoms in total. The highest BCUT2D eigenvalue weighted by Gasteiger charge is 2.13. The fraction of sp³-hybridized carbons (Fsp3) is 0. The third-order valence-corrected chi connectivity index (χ3v) is 2.51. The Kier molecular flexibility index (Phi) is 6.58. The van der Waals surface area contributed by atoms with Crippen LogP contribution < -0.4 is 22.1 Å². The van der Waals surface area contributed by atoms with Crippen molar-refractivity contribution < 1.29 is 24.6 Å². The number of carboxylic acid groups (broad SMARTS) is 1. The Hall–Kier alpha value is -3.75. The standard InChI is InChI=1S/C14H12N2O4.CH4N2O/c17-10-6-7-12(11(8-10)13(18)19)16-14(20)15-9-4-2-1-3-5-9;2-1(3)4/h1-8,17H,(H,18,19)(H2,15,16,20);(H4,2,3,4). The number of amides is 4. The fourth-order valence-electron chi connectivity index (χ4n) is 1.62. The van der Waals surface area contributed by atoms with Gasteiger partial charge < -0.3 is 32.3 Å². The van der Waals surface area contributed by atoms with E-state index in [1.54, 1.807) is 24.3 Å². The van der Waals surface area contributed by atoms with Gasteiger partial charge >= 0.3 is 18.0 Å². The Bertz CT molecular complexity index is 730. The first-order chi connectivity index (χ1) is 11.3. The number of rotatable bonds is 3. The molecule has 0 saturated heterocycles. The van der Waals surface area contributed by atoms with Crippen LogP contribution in [0.2, 0.25) is 0 Å². The van der Waals surface area contributed by atoms with E-state index in [0.29, 0.717) is 5.69 Å². The van der Waals surface area contributed by atoms with Crippen LogP contribution in [0.15, 0.2) is 48.5 Å². The molecular weight excluding hydrogens is 316 g/mol. The summed E-state index contributed by atoms with van der Waals surface area (Å²) >= 11 is 0. The molecule has 0 aliphatic heterocycles. The van der Waals surface area contributed by atoms with E-state index in [4.69, 9.17) is 9.90 Å². The van der Waals surface area contributed by atoms with Crippen LogP contribution in [0.3, 0.4) is 0 Å². The second-order valence-corrected chi connectivity index (χ2v) is 4.38. The van der Waals surface area contributed by atoms with Crippen molar-refractivity contribution in [2.24, 2.45) is 11.5 Å². The molecule has 2 rings (SSSR count). The molecule has 8 N–H and O–H groups in total. The number of phenols is 1. The van der Waals surface area contributed by atoms with E-state index in [1.807, 2.05) is 6.07 Å². The monoisotopic (exact) mass is 332 g/mol. The Morgan fingerprint density at radius 2 is 1.50 bits per heavy atom. The van der Waals surface area contributed by atoms with Crippen molar-refractivity contribution in [3.8, 4) is 5.75 Å². The summed E-state index contributed by atoms with van der Waals surface area (Å²) in [6, 6.07) is 11.0. The molecule has 0 aromatic heterocycles. The predicted molar refractivity (Wildman–Crippen MR) is 87.9 cm³/mol.